The summed E-state index contributed by atoms with van der Waals surface area (Å²) in [7, 11) is 0. The van der Waals surface area contributed by atoms with Crippen LogP contribution in [0.5, 0.6) is 0 Å². The number of hydrogen-bond donors (Lipinski definition) is 2. The molecule has 1 aliphatic heterocycles. The summed E-state index contributed by atoms with van der Waals surface area (Å²) in [6.45, 7) is 3.69. The number of piperidine rings is 1. The Morgan fingerprint density at radius 1 is 0.925 bits per heavy atom. The number of urea groups is 1. The summed E-state index contributed by atoms with van der Waals surface area (Å²) < 4.78 is 53.5. The largest absolute Gasteiger partial charge is 0.419 e. The van der Waals surface area contributed by atoms with E-state index in [1.54, 1.807) is 11.0 Å². The maximum atomic E-state index is 13.8. The van der Waals surface area contributed by atoms with Crippen molar-refractivity contribution in [1.82, 2.24) is 4.90 Å². The first-order valence-corrected chi connectivity index (χ1v) is 13.8. The molecule has 0 spiro atoms. The topological polar surface area (TPSA) is 61.6 Å². The van der Waals surface area contributed by atoms with Crippen molar-refractivity contribution in [3.63, 3.8) is 0 Å². The molecule has 0 bridgehead atoms. The number of carbonyl (C=O) groups is 1. The number of nitrogen functional groups attached to an aromatic ring is 1. The number of likely N-dealkylation sites (tertiary alicyclic amines) is 1. The maximum Gasteiger partial charge on any atom is 0.419 e. The highest BCUT2D eigenvalue weighted by Crippen LogP contribution is 2.34. The number of halogens is 4. The van der Waals surface area contributed by atoms with E-state index >= 15 is 0 Å². The molecule has 212 valence electrons. The second-order valence-corrected chi connectivity index (χ2v) is 10.9. The number of carbonyl (C=O) groups excluding carboxylic acids is 1. The third-order valence-electron chi connectivity index (χ3n) is 7.85. The molecule has 2 aliphatic rings. The predicted molar refractivity (Wildman–Crippen MR) is 151 cm³/mol. The van der Waals surface area contributed by atoms with Crippen LogP contribution in [0.1, 0.15) is 37.7 Å². The smallest absolute Gasteiger partial charge is 0.399 e. The van der Waals surface area contributed by atoms with Crippen LogP contribution in [0.15, 0.2) is 66.7 Å². The first-order valence-electron chi connectivity index (χ1n) is 13.8. The van der Waals surface area contributed by atoms with Gasteiger partial charge in [-0.25, -0.2) is 9.18 Å². The molecule has 1 heterocycles. The average Bonchev–Trinajstić information content (AvgIpc) is 3.75. The molecule has 0 aromatic heterocycles. The summed E-state index contributed by atoms with van der Waals surface area (Å²) in [5, 5.41) is 2.55. The van der Waals surface area contributed by atoms with Gasteiger partial charge in [0.15, 0.2) is 0 Å². The Labute approximate surface area is 232 Å². The van der Waals surface area contributed by atoms with E-state index in [9.17, 15) is 22.4 Å². The molecule has 3 aromatic carbocycles. The SMILES string of the molecule is Nc1cccc(-c2ccc(N(CCC3CCN(CC4CC4)CC3)C(=O)Nc3ccc(F)c(C(F)(F)F)c3)cc2)c1. The fourth-order valence-corrected chi connectivity index (χ4v) is 5.35. The molecule has 9 heteroatoms. The molecule has 0 atom stereocenters. The number of rotatable bonds is 8. The van der Waals surface area contributed by atoms with E-state index in [1.165, 1.54) is 19.4 Å². The number of alkyl halides is 3. The number of nitrogens with zero attached hydrogens (tertiary/aromatic N) is 2. The van der Waals surface area contributed by atoms with Crippen LogP contribution in [0.3, 0.4) is 0 Å². The van der Waals surface area contributed by atoms with Crippen molar-refractivity contribution in [1.29, 1.82) is 0 Å². The van der Waals surface area contributed by atoms with Crippen molar-refractivity contribution in [2.45, 2.75) is 38.3 Å². The van der Waals surface area contributed by atoms with Crippen LogP contribution in [0, 0.1) is 17.7 Å². The summed E-state index contributed by atoms with van der Waals surface area (Å²) in [6, 6.07) is 16.8. The van der Waals surface area contributed by atoms with Crippen molar-refractivity contribution < 1.29 is 22.4 Å². The van der Waals surface area contributed by atoms with Gasteiger partial charge in [-0.1, -0.05) is 24.3 Å². The minimum Gasteiger partial charge on any atom is -0.399 e. The molecule has 1 saturated heterocycles. The van der Waals surface area contributed by atoms with Crippen LogP contribution in [0.4, 0.5) is 39.4 Å². The summed E-state index contributed by atoms with van der Waals surface area (Å²) in [5.41, 5.74) is 7.51. The predicted octanol–water partition coefficient (Wildman–Crippen LogP) is 7.64. The monoisotopic (exact) mass is 554 g/mol. The van der Waals surface area contributed by atoms with Gasteiger partial charge in [-0.3, -0.25) is 4.90 Å². The molecule has 2 amide bonds. The van der Waals surface area contributed by atoms with Gasteiger partial charge < -0.3 is 16.0 Å². The molecule has 0 radical (unpaired) electrons. The molecule has 0 unspecified atom stereocenters. The normalized spacial score (nSPS) is 16.6. The third-order valence-corrected chi connectivity index (χ3v) is 7.85. The van der Waals surface area contributed by atoms with Crippen LogP contribution < -0.4 is 16.0 Å². The van der Waals surface area contributed by atoms with E-state index < -0.39 is 23.6 Å². The zero-order chi connectivity index (χ0) is 28.3. The van der Waals surface area contributed by atoms with E-state index in [2.05, 4.69) is 10.2 Å². The quantitative estimate of drug-likeness (QED) is 0.222. The molecule has 5 nitrogen and oxygen atoms in total. The minimum atomic E-state index is -4.87. The molecule has 1 aliphatic carbocycles. The molecule has 1 saturated carbocycles. The number of amides is 2. The second kappa shape index (κ2) is 11.9. The van der Waals surface area contributed by atoms with Gasteiger partial charge >= 0.3 is 12.2 Å². The number of hydrogen-bond acceptors (Lipinski definition) is 3. The highest BCUT2D eigenvalue weighted by atomic mass is 19.4. The van der Waals surface area contributed by atoms with E-state index in [4.69, 9.17) is 5.73 Å². The highest BCUT2D eigenvalue weighted by Gasteiger charge is 2.34. The summed E-state index contributed by atoms with van der Waals surface area (Å²) in [4.78, 5) is 17.5. The highest BCUT2D eigenvalue weighted by molar-refractivity contribution is 6.02. The number of anilines is 3. The zero-order valence-corrected chi connectivity index (χ0v) is 22.3. The van der Waals surface area contributed by atoms with Gasteiger partial charge in [-0.05, 0) is 111 Å². The van der Waals surface area contributed by atoms with Gasteiger partial charge in [0.25, 0.3) is 0 Å². The summed E-state index contributed by atoms with van der Waals surface area (Å²) in [5.74, 6) is -0.0668. The van der Waals surface area contributed by atoms with Gasteiger partial charge in [-0.15, -0.1) is 0 Å². The van der Waals surface area contributed by atoms with Crippen molar-refractivity contribution in [3.05, 3.63) is 78.1 Å². The zero-order valence-electron chi connectivity index (χ0n) is 22.3. The van der Waals surface area contributed by atoms with Gasteiger partial charge in [0, 0.05) is 30.2 Å². The lowest BCUT2D eigenvalue weighted by Crippen LogP contribution is -2.39. The minimum absolute atomic E-state index is 0.117. The van der Waals surface area contributed by atoms with Crippen LogP contribution in [-0.4, -0.2) is 37.1 Å². The van der Waals surface area contributed by atoms with Gasteiger partial charge in [0.05, 0.1) is 5.56 Å². The maximum absolute atomic E-state index is 13.8. The fraction of sp³-hybridized carbons (Fsp3) is 0.387. The van der Waals surface area contributed by atoms with Crippen LogP contribution in [0.25, 0.3) is 11.1 Å². The number of benzene rings is 3. The van der Waals surface area contributed by atoms with Gasteiger partial charge in [-0.2, -0.15) is 13.2 Å². The lowest BCUT2D eigenvalue weighted by atomic mass is 9.93. The Balaban J connectivity index is 1.31. The van der Waals surface area contributed by atoms with Crippen LogP contribution >= 0.6 is 0 Å². The van der Waals surface area contributed by atoms with E-state index in [0.29, 0.717) is 29.9 Å². The lowest BCUT2D eigenvalue weighted by molar-refractivity contribution is -0.139. The molecule has 2 fully saturated rings. The van der Waals surface area contributed by atoms with Crippen molar-refractivity contribution in [2.24, 2.45) is 11.8 Å². The Kier molecular flexibility index (Phi) is 8.30. The molecule has 3 N–H and O–H groups in total. The fourth-order valence-electron chi connectivity index (χ4n) is 5.35. The summed E-state index contributed by atoms with van der Waals surface area (Å²) >= 11 is 0. The van der Waals surface area contributed by atoms with Crippen molar-refractivity contribution in [2.75, 3.05) is 42.1 Å². The lowest BCUT2D eigenvalue weighted by Gasteiger charge is -2.33. The third kappa shape index (κ3) is 7.13. The standard InChI is InChI=1S/C31H34F4N4O/c32-29-11-8-26(19-28(29)31(33,34)35)37-30(40)39(17-14-21-12-15-38(16-13-21)20-22-4-5-22)27-9-6-23(7-10-27)24-2-1-3-25(36)18-24/h1-3,6-11,18-19,21-22H,4-5,12-17,20,36H2,(H,37,40). The Hall–Kier alpha value is -3.59. The molecule has 40 heavy (non-hydrogen) atoms. The Morgan fingerprint density at radius 3 is 2.30 bits per heavy atom. The summed E-state index contributed by atoms with van der Waals surface area (Å²) in [6.07, 6.45) is 0.694. The number of nitrogens with one attached hydrogen (secondary N) is 1. The first-order chi connectivity index (χ1) is 19.2. The molecular weight excluding hydrogens is 520 g/mol. The van der Waals surface area contributed by atoms with E-state index in [1.807, 2.05) is 42.5 Å². The van der Waals surface area contributed by atoms with Gasteiger partial charge in [0.1, 0.15) is 5.82 Å². The molecule has 3 aromatic rings. The van der Waals surface area contributed by atoms with E-state index in [0.717, 1.165) is 61.5 Å². The Bertz CT molecular complexity index is 1320. The van der Waals surface area contributed by atoms with Crippen molar-refractivity contribution >= 4 is 23.1 Å². The first kappa shape index (κ1) is 28.0. The van der Waals surface area contributed by atoms with Gasteiger partial charge in [0.2, 0.25) is 0 Å². The molecule has 5 rings (SSSR count). The van der Waals surface area contributed by atoms with Crippen LogP contribution in [0.2, 0.25) is 0 Å². The van der Waals surface area contributed by atoms with E-state index in [-0.39, 0.29) is 5.69 Å². The average molecular weight is 555 g/mol. The van der Waals surface area contributed by atoms with Crippen molar-refractivity contribution in [3.8, 4) is 11.1 Å². The second-order valence-electron chi connectivity index (χ2n) is 10.9. The molecular formula is C31H34F4N4O. The van der Waals surface area contributed by atoms with Crippen LogP contribution in [-0.2, 0) is 6.18 Å². The Morgan fingerprint density at radius 2 is 1.65 bits per heavy atom. The number of nitrogens with two attached hydrogens (primary N) is 1.